The second-order valence-electron chi connectivity index (χ2n) is 5.88. The Morgan fingerprint density at radius 2 is 1.81 bits per heavy atom. The van der Waals surface area contributed by atoms with Crippen LogP contribution in [0, 0.1) is 12.7 Å². The van der Waals surface area contributed by atoms with E-state index in [0.29, 0.717) is 11.5 Å². The van der Waals surface area contributed by atoms with E-state index in [-0.39, 0.29) is 5.82 Å². The third-order valence-corrected chi connectivity index (χ3v) is 4.11. The van der Waals surface area contributed by atoms with Gasteiger partial charge in [-0.25, -0.2) is 14.4 Å². The van der Waals surface area contributed by atoms with Crippen LogP contribution in [0.4, 0.5) is 15.9 Å². The first-order chi connectivity index (χ1) is 12.6. The van der Waals surface area contributed by atoms with Crippen molar-refractivity contribution in [1.29, 1.82) is 0 Å². The molecule has 0 saturated carbocycles. The standard InChI is InChI=1S/C20H17FN4O/c1-13-20(25-12-14(21)6-11-19(25)22-13)17-4-3-5-18(24-17)23-15-7-9-16(26-2)10-8-15/h3-12H,1-2H3,(H,23,24). The molecule has 0 aliphatic carbocycles. The van der Waals surface area contributed by atoms with E-state index in [1.54, 1.807) is 17.6 Å². The molecular weight excluding hydrogens is 331 g/mol. The summed E-state index contributed by atoms with van der Waals surface area (Å²) in [6, 6.07) is 16.3. The number of aryl methyl sites for hydroxylation is 1. The molecule has 6 heteroatoms. The smallest absolute Gasteiger partial charge is 0.139 e. The number of rotatable bonds is 4. The van der Waals surface area contributed by atoms with Gasteiger partial charge in [0.25, 0.3) is 0 Å². The Bertz CT molecular complexity index is 1070. The average Bonchev–Trinajstić information content (AvgIpc) is 2.97. The maximum atomic E-state index is 13.7. The molecule has 0 aliphatic rings. The van der Waals surface area contributed by atoms with E-state index in [1.807, 2.05) is 49.4 Å². The third-order valence-electron chi connectivity index (χ3n) is 4.11. The number of benzene rings is 1. The van der Waals surface area contributed by atoms with Crippen LogP contribution in [-0.4, -0.2) is 21.5 Å². The number of hydrogen-bond donors (Lipinski definition) is 1. The summed E-state index contributed by atoms with van der Waals surface area (Å²) in [5, 5.41) is 3.27. The maximum Gasteiger partial charge on any atom is 0.139 e. The van der Waals surface area contributed by atoms with Gasteiger partial charge in [0.05, 0.1) is 24.2 Å². The van der Waals surface area contributed by atoms with E-state index in [4.69, 9.17) is 4.74 Å². The second kappa shape index (κ2) is 6.48. The fraction of sp³-hybridized carbons (Fsp3) is 0.100. The van der Waals surface area contributed by atoms with E-state index in [1.165, 1.54) is 12.3 Å². The number of imidazole rings is 1. The van der Waals surface area contributed by atoms with Crippen LogP contribution in [-0.2, 0) is 0 Å². The number of pyridine rings is 2. The van der Waals surface area contributed by atoms with Crippen LogP contribution < -0.4 is 10.1 Å². The average molecular weight is 348 g/mol. The van der Waals surface area contributed by atoms with Crippen molar-refractivity contribution in [2.45, 2.75) is 6.92 Å². The van der Waals surface area contributed by atoms with Gasteiger partial charge in [-0.2, -0.15) is 0 Å². The number of fused-ring (bicyclic) bond motifs is 1. The van der Waals surface area contributed by atoms with Crippen molar-refractivity contribution in [2.75, 3.05) is 12.4 Å². The summed E-state index contributed by atoms with van der Waals surface area (Å²) < 4.78 is 20.6. The zero-order valence-corrected chi connectivity index (χ0v) is 14.4. The van der Waals surface area contributed by atoms with Gasteiger partial charge in [-0.05, 0) is 55.5 Å². The Balaban J connectivity index is 1.71. The van der Waals surface area contributed by atoms with Gasteiger partial charge in [0.1, 0.15) is 23.0 Å². The lowest BCUT2D eigenvalue weighted by molar-refractivity contribution is 0.415. The minimum Gasteiger partial charge on any atom is -0.497 e. The first-order valence-corrected chi connectivity index (χ1v) is 8.17. The lowest BCUT2D eigenvalue weighted by Crippen LogP contribution is -1.97. The van der Waals surface area contributed by atoms with Crippen molar-refractivity contribution in [3.05, 3.63) is 72.3 Å². The van der Waals surface area contributed by atoms with Crippen molar-refractivity contribution in [2.24, 2.45) is 0 Å². The Morgan fingerprint density at radius 1 is 1.00 bits per heavy atom. The third kappa shape index (κ3) is 2.97. The second-order valence-corrected chi connectivity index (χ2v) is 5.88. The molecule has 0 unspecified atom stereocenters. The van der Waals surface area contributed by atoms with E-state index in [2.05, 4.69) is 15.3 Å². The maximum absolute atomic E-state index is 13.7. The van der Waals surface area contributed by atoms with Crippen LogP contribution in [0.15, 0.2) is 60.8 Å². The summed E-state index contributed by atoms with van der Waals surface area (Å²) in [5.74, 6) is 1.17. The van der Waals surface area contributed by atoms with Gasteiger partial charge in [-0.1, -0.05) is 6.07 Å². The fourth-order valence-electron chi connectivity index (χ4n) is 2.90. The van der Waals surface area contributed by atoms with Crippen molar-refractivity contribution in [3.8, 4) is 17.1 Å². The first-order valence-electron chi connectivity index (χ1n) is 8.17. The van der Waals surface area contributed by atoms with Gasteiger partial charge in [0, 0.05) is 11.9 Å². The molecule has 0 atom stereocenters. The molecule has 3 heterocycles. The molecule has 0 radical (unpaired) electrons. The molecular formula is C20H17FN4O. The molecule has 0 saturated heterocycles. The van der Waals surface area contributed by atoms with Crippen LogP contribution in [0.25, 0.3) is 17.0 Å². The molecule has 0 aliphatic heterocycles. The fourth-order valence-corrected chi connectivity index (χ4v) is 2.90. The zero-order valence-electron chi connectivity index (χ0n) is 14.4. The number of ether oxygens (including phenoxy) is 1. The van der Waals surface area contributed by atoms with Crippen molar-refractivity contribution in [1.82, 2.24) is 14.4 Å². The summed E-state index contributed by atoms with van der Waals surface area (Å²) in [5.41, 5.74) is 3.88. The Morgan fingerprint density at radius 3 is 2.58 bits per heavy atom. The van der Waals surface area contributed by atoms with Crippen LogP contribution in [0.2, 0.25) is 0 Å². The predicted molar refractivity (Wildman–Crippen MR) is 99.4 cm³/mol. The monoisotopic (exact) mass is 348 g/mol. The number of nitrogens with one attached hydrogen (secondary N) is 1. The molecule has 3 aromatic heterocycles. The van der Waals surface area contributed by atoms with E-state index >= 15 is 0 Å². The Hall–Kier alpha value is -3.41. The number of halogens is 1. The van der Waals surface area contributed by atoms with Crippen LogP contribution in [0.1, 0.15) is 5.69 Å². The quantitative estimate of drug-likeness (QED) is 0.586. The molecule has 0 amide bonds. The number of anilines is 2. The molecule has 26 heavy (non-hydrogen) atoms. The zero-order chi connectivity index (χ0) is 18.1. The van der Waals surface area contributed by atoms with Gasteiger partial charge >= 0.3 is 0 Å². The Labute approximate surface area is 150 Å². The van der Waals surface area contributed by atoms with E-state index in [0.717, 1.165) is 28.5 Å². The predicted octanol–water partition coefficient (Wildman–Crippen LogP) is 4.60. The lowest BCUT2D eigenvalue weighted by atomic mass is 10.2. The van der Waals surface area contributed by atoms with Crippen LogP contribution in [0.5, 0.6) is 5.75 Å². The summed E-state index contributed by atoms with van der Waals surface area (Å²) in [6.07, 6.45) is 1.43. The largest absolute Gasteiger partial charge is 0.497 e. The molecule has 4 rings (SSSR count). The highest BCUT2D eigenvalue weighted by molar-refractivity contribution is 5.67. The van der Waals surface area contributed by atoms with Crippen molar-refractivity contribution < 1.29 is 9.13 Å². The summed E-state index contributed by atoms with van der Waals surface area (Å²) >= 11 is 0. The van der Waals surface area contributed by atoms with E-state index < -0.39 is 0 Å². The number of nitrogens with zero attached hydrogens (tertiary/aromatic N) is 3. The summed E-state index contributed by atoms with van der Waals surface area (Å²) in [7, 11) is 1.63. The highest BCUT2D eigenvalue weighted by atomic mass is 19.1. The summed E-state index contributed by atoms with van der Waals surface area (Å²) in [4.78, 5) is 9.15. The normalized spacial score (nSPS) is 10.9. The highest BCUT2D eigenvalue weighted by Crippen LogP contribution is 2.26. The molecule has 0 spiro atoms. The van der Waals surface area contributed by atoms with Gasteiger partial charge < -0.3 is 10.1 Å². The molecule has 130 valence electrons. The number of hydrogen-bond acceptors (Lipinski definition) is 4. The Kier molecular flexibility index (Phi) is 4.01. The van der Waals surface area contributed by atoms with Crippen molar-refractivity contribution in [3.63, 3.8) is 0 Å². The van der Waals surface area contributed by atoms with E-state index in [9.17, 15) is 4.39 Å². The number of aromatic nitrogens is 3. The van der Waals surface area contributed by atoms with Gasteiger partial charge in [0.2, 0.25) is 0 Å². The first kappa shape index (κ1) is 16.1. The SMILES string of the molecule is COc1ccc(Nc2cccc(-c3c(C)nc4ccc(F)cn34)n2)cc1. The number of methoxy groups -OCH3 is 1. The van der Waals surface area contributed by atoms with Crippen molar-refractivity contribution >= 4 is 17.2 Å². The van der Waals surface area contributed by atoms with Crippen LogP contribution in [0.3, 0.4) is 0 Å². The highest BCUT2D eigenvalue weighted by Gasteiger charge is 2.13. The lowest BCUT2D eigenvalue weighted by Gasteiger charge is -2.09. The molecule has 1 aromatic carbocycles. The van der Waals surface area contributed by atoms with Crippen LogP contribution >= 0.6 is 0 Å². The van der Waals surface area contributed by atoms with Gasteiger partial charge in [0.15, 0.2) is 0 Å². The minimum absolute atomic E-state index is 0.316. The molecule has 4 aromatic rings. The molecule has 0 bridgehead atoms. The van der Waals surface area contributed by atoms with Gasteiger partial charge in [-0.3, -0.25) is 4.40 Å². The topological polar surface area (TPSA) is 51.5 Å². The molecule has 1 N–H and O–H groups in total. The summed E-state index contributed by atoms with van der Waals surface area (Å²) in [6.45, 7) is 1.89. The molecule has 5 nitrogen and oxygen atoms in total. The minimum atomic E-state index is -0.316. The molecule has 0 fully saturated rings. The van der Waals surface area contributed by atoms with Gasteiger partial charge in [-0.15, -0.1) is 0 Å².